The van der Waals surface area contributed by atoms with Crippen molar-refractivity contribution in [2.24, 2.45) is 0 Å². The maximum Gasteiger partial charge on any atom is 0.319 e. The molecule has 4 aliphatic rings. The van der Waals surface area contributed by atoms with Gasteiger partial charge < -0.3 is 14.5 Å². The van der Waals surface area contributed by atoms with Crippen LogP contribution in [0.1, 0.15) is 50.5 Å². The molecule has 4 aromatic rings. The summed E-state index contributed by atoms with van der Waals surface area (Å²) in [5.41, 5.74) is 2.68. The Balaban J connectivity index is 1.22. The Kier molecular flexibility index (Phi) is 6.86. The van der Waals surface area contributed by atoms with Crippen LogP contribution >= 0.6 is 0 Å². The van der Waals surface area contributed by atoms with Crippen LogP contribution in [0.15, 0.2) is 48.5 Å². The molecule has 4 aliphatic heterocycles. The molecule has 230 valence electrons. The van der Waals surface area contributed by atoms with E-state index in [0.717, 1.165) is 73.5 Å². The highest BCUT2D eigenvalue weighted by molar-refractivity contribution is 6.02. The second-order valence-electron chi connectivity index (χ2n) is 13.3. The lowest BCUT2D eigenvalue weighted by Gasteiger charge is -2.41. The van der Waals surface area contributed by atoms with Crippen LogP contribution in [0.2, 0.25) is 0 Å². The maximum absolute atomic E-state index is 16.9. The third-order valence-corrected chi connectivity index (χ3v) is 10.8. The molecular formula is C36H37FN6O2. The average Bonchev–Trinajstić information content (AvgIpc) is 3.71. The highest BCUT2D eigenvalue weighted by Gasteiger charge is 2.46. The number of hydrogen-bond donors (Lipinski definition) is 0. The second kappa shape index (κ2) is 11.0. The molecule has 3 aromatic carbocycles. The van der Waals surface area contributed by atoms with Crippen molar-refractivity contribution in [3.8, 4) is 23.2 Å². The Morgan fingerprint density at radius 3 is 2.49 bits per heavy atom. The van der Waals surface area contributed by atoms with E-state index < -0.39 is 0 Å². The second-order valence-corrected chi connectivity index (χ2v) is 13.3. The van der Waals surface area contributed by atoms with E-state index in [1.54, 1.807) is 0 Å². The Morgan fingerprint density at radius 1 is 1.02 bits per heavy atom. The van der Waals surface area contributed by atoms with Crippen LogP contribution < -0.4 is 9.64 Å². The first-order valence-electron chi connectivity index (χ1n) is 16.3. The number of aryl methyl sites for hydroxylation is 1. The SMILES string of the molecule is Cc1cccc2cccc(-c3ccc4c(N5CC6CCC(C5)N6C(=O)CC#N)nc(OCC56CCCN5CCC6)nc4c3F)c12. The zero-order valence-electron chi connectivity index (χ0n) is 25.6. The lowest BCUT2D eigenvalue weighted by molar-refractivity contribution is -0.133. The molecule has 2 unspecified atom stereocenters. The van der Waals surface area contributed by atoms with Crippen LogP contribution in [0.25, 0.3) is 32.8 Å². The molecule has 2 atom stereocenters. The Bertz CT molecular complexity index is 1840. The van der Waals surface area contributed by atoms with Crippen molar-refractivity contribution >= 4 is 33.4 Å². The van der Waals surface area contributed by atoms with Gasteiger partial charge in [-0.1, -0.05) is 42.5 Å². The topological polar surface area (TPSA) is 85.6 Å². The number of carbonyl (C=O) groups is 1. The van der Waals surface area contributed by atoms with Gasteiger partial charge in [0.15, 0.2) is 5.82 Å². The zero-order chi connectivity index (χ0) is 30.7. The van der Waals surface area contributed by atoms with Gasteiger partial charge in [0.1, 0.15) is 24.4 Å². The molecule has 0 N–H and O–H groups in total. The minimum Gasteiger partial charge on any atom is -0.461 e. The van der Waals surface area contributed by atoms with Crippen molar-refractivity contribution in [2.45, 2.75) is 69.5 Å². The lowest BCUT2D eigenvalue weighted by atomic mass is 9.94. The number of aromatic nitrogens is 2. The fraction of sp³-hybridized carbons (Fsp3) is 0.444. The standard InChI is InChI=1S/C36H37FN6O2/c1-23-6-2-7-24-8-3-9-27(31(23)24)28-12-13-29-33(32(28)37)39-35(45-22-36-15-4-18-42(36)19-5-16-36)40-34(29)41-20-25-10-11-26(21-41)43(25)30(44)14-17-38/h2-3,6-9,12-13,25-26H,4-5,10-11,14-16,18-22H2,1H3. The number of nitriles is 1. The summed E-state index contributed by atoms with van der Waals surface area (Å²) in [7, 11) is 0. The Labute approximate surface area is 262 Å². The van der Waals surface area contributed by atoms with E-state index in [1.807, 2.05) is 41.3 Å². The van der Waals surface area contributed by atoms with Gasteiger partial charge in [-0.3, -0.25) is 9.69 Å². The van der Waals surface area contributed by atoms with E-state index in [1.165, 1.54) is 0 Å². The predicted octanol–water partition coefficient (Wildman–Crippen LogP) is 6.00. The average molecular weight is 605 g/mol. The minimum atomic E-state index is -0.385. The van der Waals surface area contributed by atoms with Crippen LogP contribution in [0.3, 0.4) is 0 Å². The quantitative estimate of drug-likeness (QED) is 0.267. The number of hydrogen-bond acceptors (Lipinski definition) is 7. The van der Waals surface area contributed by atoms with E-state index in [9.17, 15) is 4.79 Å². The summed E-state index contributed by atoms with van der Waals surface area (Å²) in [6, 6.07) is 18.1. The molecule has 0 spiro atoms. The molecule has 45 heavy (non-hydrogen) atoms. The van der Waals surface area contributed by atoms with E-state index >= 15 is 4.39 Å². The number of fused-ring (bicyclic) bond motifs is 5. The van der Waals surface area contributed by atoms with Crippen LogP contribution in [-0.2, 0) is 4.79 Å². The van der Waals surface area contributed by atoms with E-state index in [-0.39, 0.29) is 47.3 Å². The number of amides is 1. The van der Waals surface area contributed by atoms with Crippen molar-refractivity contribution in [1.29, 1.82) is 5.26 Å². The molecule has 0 radical (unpaired) electrons. The van der Waals surface area contributed by atoms with Crippen LogP contribution in [0, 0.1) is 24.1 Å². The van der Waals surface area contributed by atoms with Gasteiger partial charge in [0.2, 0.25) is 5.91 Å². The third kappa shape index (κ3) is 4.61. The minimum absolute atomic E-state index is 0.00515. The number of benzene rings is 3. The Hall–Kier alpha value is -4.29. The van der Waals surface area contributed by atoms with E-state index in [2.05, 4.69) is 34.9 Å². The van der Waals surface area contributed by atoms with Gasteiger partial charge in [-0.2, -0.15) is 15.2 Å². The first-order chi connectivity index (χ1) is 22.0. The molecule has 1 amide bonds. The fourth-order valence-corrected chi connectivity index (χ4v) is 8.69. The van der Waals surface area contributed by atoms with Crippen molar-refractivity contribution in [3.63, 3.8) is 0 Å². The Morgan fingerprint density at radius 2 is 1.76 bits per heavy atom. The normalized spacial score (nSPS) is 22.2. The molecule has 0 aliphatic carbocycles. The highest BCUT2D eigenvalue weighted by atomic mass is 19.1. The molecule has 0 saturated carbocycles. The van der Waals surface area contributed by atoms with Gasteiger partial charge in [-0.25, -0.2) is 4.39 Å². The summed E-state index contributed by atoms with van der Waals surface area (Å²) in [5.74, 6) is 0.148. The third-order valence-electron chi connectivity index (χ3n) is 10.8. The fourth-order valence-electron chi connectivity index (χ4n) is 8.69. The van der Waals surface area contributed by atoms with Crippen molar-refractivity contribution in [2.75, 3.05) is 37.7 Å². The molecule has 8 nitrogen and oxygen atoms in total. The van der Waals surface area contributed by atoms with Crippen LogP contribution in [0.5, 0.6) is 6.01 Å². The monoisotopic (exact) mass is 604 g/mol. The molecule has 5 heterocycles. The summed E-state index contributed by atoms with van der Waals surface area (Å²) in [5, 5.41) is 11.9. The number of rotatable bonds is 6. The first kappa shape index (κ1) is 28.2. The molecule has 8 rings (SSSR count). The lowest BCUT2D eigenvalue weighted by Crippen LogP contribution is -2.56. The van der Waals surface area contributed by atoms with Crippen molar-refractivity contribution in [1.82, 2.24) is 19.8 Å². The molecule has 4 saturated heterocycles. The van der Waals surface area contributed by atoms with Gasteiger partial charge >= 0.3 is 6.01 Å². The van der Waals surface area contributed by atoms with Crippen LogP contribution in [-0.4, -0.2) is 76.1 Å². The molecular weight excluding hydrogens is 567 g/mol. The molecule has 4 fully saturated rings. The molecule has 9 heteroatoms. The number of ether oxygens (including phenoxy) is 1. The zero-order valence-corrected chi connectivity index (χ0v) is 25.6. The van der Waals surface area contributed by atoms with E-state index in [4.69, 9.17) is 20.0 Å². The number of halogens is 1. The summed E-state index contributed by atoms with van der Waals surface area (Å²) in [6.45, 7) is 5.87. The number of piperazine rings is 1. The summed E-state index contributed by atoms with van der Waals surface area (Å²) in [4.78, 5) is 29.1. The van der Waals surface area contributed by atoms with Gasteiger partial charge in [0, 0.05) is 36.1 Å². The summed E-state index contributed by atoms with van der Waals surface area (Å²) >= 11 is 0. The van der Waals surface area contributed by atoms with Gasteiger partial charge in [-0.05, 0) is 86.5 Å². The largest absolute Gasteiger partial charge is 0.461 e. The first-order valence-corrected chi connectivity index (χ1v) is 16.3. The van der Waals surface area contributed by atoms with Crippen molar-refractivity contribution < 1.29 is 13.9 Å². The van der Waals surface area contributed by atoms with E-state index in [0.29, 0.717) is 36.5 Å². The van der Waals surface area contributed by atoms with Crippen molar-refractivity contribution in [3.05, 3.63) is 59.9 Å². The van der Waals surface area contributed by atoms with Crippen LogP contribution in [0.4, 0.5) is 10.2 Å². The molecule has 2 bridgehead atoms. The number of nitrogens with zero attached hydrogens (tertiary/aromatic N) is 6. The predicted molar refractivity (Wildman–Crippen MR) is 172 cm³/mol. The molecule has 1 aromatic heterocycles. The summed E-state index contributed by atoms with van der Waals surface area (Å²) < 4.78 is 23.3. The van der Waals surface area contributed by atoms with Gasteiger partial charge in [-0.15, -0.1) is 0 Å². The summed E-state index contributed by atoms with van der Waals surface area (Å²) in [6.07, 6.45) is 6.15. The smallest absolute Gasteiger partial charge is 0.319 e. The number of anilines is 1. The van der Waals surface area contributed by atoms with Gasteiger partial charge in [0.25, 0.3) is 0 Å². The van der Waals surface area contributed by atoms with Gasteiger partial charge in [0.05, 0.1) is 11.6 Å². The number of carbonyl (C=O) groups excluding carboxylic acids is 1. The maximum atomic E-state index is 16.9. The highest BCUT2D eigenvalue weighted by Crippen LogP contribution is 2.41.